The summed E-state index contributed by atoms with van der Waals surface area (Å²) in [5, 5.41) is 28.3. The molecule has 0 bridgehead atoms. The van der Waals surface area contributed by atoms with E-state index in [-0.39, 0.29) is 30.9 Å². The average molecular weight is 581 g/mol. The van der Waals surface area contributed by atoms with Crippen molar-refractivity contribution >= 4 is 5.90 Å². The van der Waals surface area contributed by atoms with Gasteiger partial charge in [-0.05, 0) is 37.8 Å². The molecule has 0 saturated heterocycles. The Hall–Kier alpha value is -1.55. The van der Waals surface area contributed by atoms with Crippen LogP contribution in [0.5, 0.6) is 0 Å². The summed E-state index contributed by atoms with van der Waals surface area (Å²) in [7, 11) is 0. The largest absolute Gasteiger partial charge is 0.475 e. The van der Waals surface area contributed by atoms with Gasteiger partial charge in [0.15, 0.2) is 0 Å². The standard InChI is InChI=1S/C20H31NO3.C13H29NO3/c1-2-3-4-5-9-12-19(22)13-14-23-15-18-16-24-20(21-18)17-10-7-6-8-11-17;1-2-3-4-5-6-7-13(16)8-9-17-11-12(14)10-15/h6-8,10-11,18-19,22H,2-5,9,12-16H2,1H3;12-13,15-16H,2-11,14H2,1H3/t18?,19-;12-,13+/m10/s1. The second-order valence-corrected chi connectivity index (χ2v) is 11.1. The lowest BCUT2D eigenvalue weighted by Gasteiger charge is -2.12. The van der Waals surface area contributed by atoms with E-state index in [2.05, 4.69) is 18.8 Å². The number of benzene rings is 1. The first-order valence-corrected chi connectivity index (χ1v) is 16.1. The number of aliphatic hydroxyl groups is 3. The number of nitrogens with zero attached hydrogens (tertiary/aromatic N) is 1. The topological polar surface area (TPSA) is 127 Å². The lowest BCUT2D eigenvalue weighted by molar-refractivity contribution is 0.0623. The van der Waals surface area contributed by atoms with E-state index >= 15 is 0 Å². The number of rotatable bonds is 24. The maximum Gasteiger partial charge on any atom is 0.216 e. The second kappa shape index (κ2) is 26.1. The lowest BCUT2D eigenvalue weighted by Crippen LogP contribution is -2.30. The molecule has 0 saturated carbocycles. The van der Waals surface area contributed by atoms with Crippen molar-refractivity contribution in [2.45, 2.75) is 128 Å². The number of unbranched alkanes of at least 4 members (excludes halogenated alkanes) is 8. The highest BCUT2D eigenvalue weighted by Gasteiger charge is 2.20. The molecule has 0 radical (unpaired) electrons. The van der Waals surface area contributed by atoms with Crippen LogP contribution in [0.1, 0.15) is 109 Å². The highest BCUT2D eigenvalue weighted by Crippen LogP contribution is 2.13. The van der Waals surface area contributed by atoms with Gasteiger partial charge in [-0.25, -0.2) is 4.99 Å². The molecule has 8 nitrogen and oxygen atoms in total. The molecule has 1 unspecified atom stereocenters. The molecule has 8 heteroatoms. The van der Waals surface area contributed by atoms with Crippen molar-refractivity contribution in [2.75, 3.05) is 39.6 Å². The van der Waals surface area contributed by atoms with Gasteiger partial charge in [0.05, 0.1) is 38.1 Å². The fourth-order valence-corrected chi connectivity index (χ4v) is 4.44. The van der Waals surface area contributed by atoms with Crippen LogP contribution in [-0.4, -0.2) is 85.2 Å². The Morgan fingerprint density at radius 3 is 1.95 bits per heavy atom. The number of hydrogen-bond donors (Lipinski definition) is 4. The quantitative estimate of drug-likeness (QED) is 0.121. The van der Waals surface area contributed by atoms with Crippen LogP contribution in [0.3, 0.4) is 0 Å². The fraction of sp³-hybridized carbons (Fsp3) is 0.788. The summed E-state index contributed by atoms with van der Waals surface area (Å²) in [6, 6.07) is 9.70. The molecule has 1 aliphatic heterocycles. The summed E-state index contributed by atoms with van der Waals surface area (Å²) in [4.78, 5) is 4.56. The second-order valence-electron chi connectivity index (χ2n) is 11.1. The van der Waals surface area contributed by atoms with E-state index < -0.39 is 0 Å². The van der Waals surface area contributed by atoms with Gasteiger partial charge in [0.25, 0.3) is 0 Å². The van der Waals surface area contributed by atoms with E-state index in [0.29, 0.717) is 51.8 Å². The van der Waals surface area contributed by atoms with Crippen molar-refractivity contribution < 1.29 is 29.5 Å². The van der Waals surface area contributed by atoms with Gasteiger partial charge in [0.1, 0.15) is 12.6 Å². The number of nitrogens with two attached hydrogens (primary N) is 1. The molecule has 1 aromatic rings. The molecule has 2 rings (SSSR count). The van der Waals surface area contributed by atoms with Gasteiger partial charge in [0, 0.05) is 18.8 Å². The van der Waals surface area contributed by atoms with Crippen LogP contribution in [-0.2, 0) is 14.2 Å². The van der Waals surface area contributed by atoms with Crippen LogP contribution in [0.25, 0.3) is 0 Å². The number of aliphatic imine (C=N–C) groups is 1. The van der Waals surface area contributed by atoms with E-state index in [0.717, 1.165) is 31.2 Å². The van der Waals surface area contributed by atoms with E-state index in [1.54, 1.807) is 0 Å². The maximum absolute atomic E-state index is 9.96. The summed E-state index contributed by atoms with van der Waals surface area (Å²) in [5.41, 5.74) is 6.49. The Morgan fingerprint density at radius 2 is 1.39 bits per heavy atom. The van der Waals surface area contributed by atoms with Crippen molar-refractivity contribution in [3.05, 3.63) is 35.9 Å². The van der Waals surface area contributed by atoms with Gasteiger partial charge >= 0.3 is 0 Å². The molecule has 0 spiro atoms. The Balaban J connectivity index is 0.000000438. The van der Waals surface area contributed by atoms with E-state index in [1.807, 2.05) is 30.3 Å². The highest BCUT2D eigenvalue weighted by atomic mass is 16.5. The summed E-state index contributed by atoms with van der Waals surface area (Å²) in [5.74, 6) is 0.705. The Morgan fingerprint density at radius 1 is 0.829 bits per heavy atom. The van der Waals surface area contributed by atoms with E-state index in [1.165, 1.54) is 51.4 Å². The molecule has 1 aromatic carbocycles. The molecule has 0 amide bonds. The van der Waals surface area contributed by atoms with Crippen LogP contribution in [0.4, 0.5) is 0 Å². The highest BCUT2D eigenvalue weighted by molar-refractivity contribution is 5.95. The smallest absolute Gasteiger partial charge is 0.216 e. The average Bonchev–Trinajstić information content (AvgIpc) is 3.47. The molecule has 5 N–H and O–H groups in total. The monoisotopic (exact) mass is 580 g/mol. The van der Waals surface area contributed by atoms with E-state index in [4.69, 9.17) is 25.1 Å². The molecule has 1 heterocycles. The summed E-state index contributed by atoms with van der Waals surface area (Å²) in [6.45, 7) is 6.95. The Labute approximate surface area is 249 Å². The molecule has 41 heavy (non-hydrogen) atoms. The van der Waals surface area contributed by atoms with Crippen LogP contribution >= 0.6 is 0 Å². The molecule has 1 aliphatic rings. The van der Waals surface area contributed by atoms with Crippen molar-refractivity contribution in [1.82, 2.24) is 0 Å². The molecular formula is C33H60N2O6. The van der Waals surface area contributed by atoms with Gasteiger partial charge in [-0.15, -0.1) is 0 Å². The van der Waals surface area contributed by atoms with Crippen LogP contribution in [0.15, 0.2) is 35.3 Å². The first kappa shape index (κ1) is 37.5. The first-order valence-electron chi connectivity index (χ1n) is 16.1. The molecule has 0 fully saturated rings. The fourth-order valence-electron chi connectivity index (χ4n) is 4.44. The minimum absolute atomic E-state index is 0.0556. The minimum atomic E-state index is -0.304. The van der Waals surface area contributed by atoms with Crippen LogP contribution in [0.2, 0.25) is 0 Å². The molecule has 4 atom stereocenters. The van der Waals surface area contributed by atoms with Crippen LogP contribution in [0, 0.1) is 0 Å². The van der Waals surface area contributed by atoms with Gasteiger partial charge < -0.3 is 35.3 Å². The SMILES string of the molecule is CCCCCCC[C@@H](O)CCOCC1COC(c2ccccc2)=N1.CCCCCCC[C@@H](O)CCOC[C@@H](N)CO. The Bertz CT molecular complexity index is 736. The molecule has 238 valence electrons. The third kappa shape index (κ3) is 20.9. The van der Waals surface area contributed by atoms with Crippen molar-refractivity contribution in [3.63, 3.8) is 0 Å². The van der Waals surface area contributed by atoms with Gasteiger partial charge in [-0.2, -0.15) is 0 Å². The third-order valence-electron chi connectivity index (χ3n) is 7.08. The van der Waals surface area contributed by atoms with E-state index in [9.17, 15) is 10.2 Å². The van der Waals surface area contributed by atoms with Gasteiger partial charge in [-0.3, -0.25) is 0 Å². The van der Waals surface area contributed by atoms with Crippen molar-refractivity contribution in [2.24, 2.45) is 10.7 Å². The maximum atomic E-state index is 9.96. The predicted octanol–water partition coefficient (Wildman–Crippen LogP) is 5.39. The Kier molecular flexibility index (Phi) is 23.9. The van der Waals surface area contributed by atoms with Crippen molar-refractivity contribution in [3.8, 4) is 0 Å². The zero-order chi connectivity index (χ0) is 30.0. The molecule has 0 aromatic heterocycles. The first-order chi connectivity index (χ1) is 20.0. The zero-order valence-electron chi connectivity index (χ0n) is 25.9. The third-order valence-corrected chi connectivity index (χ3v) is 7.08. The predicted molar refractivity (Wildman–Crippen MR) is 167 cm³/mol. The van der Waals surface area contributed by atoms with Gasteiger partial charge in [-0.1, -0.05) is 96.3 Å². The lowest BCUT2D eigenvalue weighted by atomic mass is 10.1. The molecular weight excluding hydrogens is 520 g/mol. The summed E-state index contributed by atoms with van der Waals surface area (Å²) < 4.78 is 16.6. The van der Waals surface area contributed by atoms with Crippen molar-refractivity contribution in [1.29, 1.82) is 0 Å². The van der Waals surface area contributed by atoms with Gasteiger partial charge in [0.2, 0.25) is 5.90 Å². The molecule has 0 aliphatic carbocycles. The summed E-state index contributed by atoms with van der Waals surface area (Å²) >= 11 is 0. The minimum Gasteiger partial charge on any atom is -0.475 e. The number of aliphatic hydroxyl groups excluding tert-OH is 3. The number of hydrogen-bond acceptors (Lipinski definition) is 8. The van der Waals surface area contributed by atoms with Crippen LogP contribution < -0.4 is 5.73 Å². The zero-order valence-corrected chi connectivity index (χ0v) is 25.9. The summed E-state index contributed by atoms with van der Waals surface area (Å²) in [6.07, 6.45) is 14.9. The number of ether oxygens (including phenoxy) is 3. The normalized spacial score (nSPS) is 16.8.